The monoisotopic (exact) mass is 237 g/mol. The predicted molar refractivity (Wildman–Crippen MR) is 67.2 cm³/mol. The molecule has 1 unspecified atom stereocenters. The number of nitrogens with zero attached hydrogens (tertiary/aromatic N) is 1. The van der Waals surface area contributed by atoms with Gasteiger partial charge in [0, 0.05) is 25.9 Å². The van der Waals surface area contributed by atoms with Gasteiger partial charge in [0.2, 0.25) is 0 Å². The molecule has 1 heterocycles. The summed E-state index contributed by atoms with van der Waals surface area (Å²) >= 11 is 0. The minimum atomic E-state index is -0.121. The molecule has 1 atom stereocenters. The summed E-state index contributed by atoms with van der Waals surface area (Å²) in [4.78, 5) is 15.9. The molecule has 0 aliphatic heterocycles. The summed E-state index contributed by atoms with van der Waals surface area (Å²) in [6, 6.07) is 1.68. The molecule has 1 aromatic rings. The van der Waals surface area contributed by atoms with Crippen LogP contribution in [0.15, 0.2) is 18.5 Å². The van der Waals surface area contributed by atoms with Gasteiger partial charge in [-0.2, -0.15) is 0 Å². The van der Waals surface area contributed by atoms with Gasteiger partial charge in [0.15, 0.2) is 0 Å². The van der Waals surface area contributed by atoms with Gasteiger partial charge in [-0.1, -0.05) is 0 Å². The fourth-order valence-electron chi connectivity index (χ4n) is 1.43. The number of nitrogens with one attached hydrogen (secondary N) is 2. The molecule has 0 aliphatic carbocycles. The zero-order valence-electron chi connectivity index (χ0n) is 10.5. The summed E-state index contributed by atoms with van der Waals surface area (Å²) in [5.74, 6) is -0.121. The summed E-state index contributed by atoms with van der Waals surface area (Å²) in [6.45, 7) is 5.00. The number of carbonyl (C=O) groups excluding carboxylic acids is 1. The predicted octanol–water partition coefficient (Wildman–Crippen LogP) is 1.28. The third kappa shape index (κ3) is 4.03. The molecule has 0 saturated heterocycles. The zero-order valence-corrected chi connectivity index (χ0v) is 10.5. The lowest BCUT2D eigenvalue weighted by molar-refractivity contribution is 0.0872. The summed E-state index contributed by atoms with van der Waals surface area (Å²) in [7, 11) is 1.76. The third-order valence-electron chi connectivity index (χ3n) is 2.28. The Morgan fingerprint density at radius 1 is 1.59 bits per heavy atom. The van der Waals surface area contributed by atoms with Gasteiger partial charge >= 0.3 is 0 Å². The summed E-state index contributed by atoms with van der Waals surface area (Å²) < 4.78 is 5.25. The van der Waals surface area contributed by atoms with Crippen molar-refractivity contribution < 1.29 is 9.53 Å². The molecule has 0 radical (unpaired) electrons. The van der Waals surface area contributed by atoms with Crippen LogP contribution in [-0.4, -0.2) is 37.2 Å². The average Bonchev–Trinajstić information content (AvgIpc) is 2.36. The van der Waals surface area contributed by atoms with Crippen molar-refractivity contribution in [1.82, 2.24) is 10.3 Å². The van der Waals surface area contributed by atoms with E-state index in [-0.39, 0.29) is 11.9 Å². The topological polar surface area (TPSA) is 63.2 Å². The Kier molecular flexibility index (Phi) is 5.42. The van der Waals surface area contributed by atoms with Gasteiger partial charge in [-0.25, -0.2) is 0 Å². The van der Waals surface area contributed by atoms with E-state index in [1.165, 1.54) is 0 Å². The molecule has 0 aromatic carbocycles. The molecule has 94 valence electrons. The summed E-state index contributed by atoms with van der Waals surface area (Å²) in [5, 5.41) is 5.81. The Labute approximate surface area is 102 Å². The van der Waals surface area contributed by atoms with Crippen molar-refractivity contribution in [3.63, 3.8) is 0 Å². The van der Waals surface area contributed by atoms with Crippen LogP contribution in [0, 0.1) is 0 Å². The maximum atomic E-state index is 12.0. The molecule has 0 bridgehead atoms. The number of carbonyl (C=O) groups is 1. The number of ether oxygens (including phenoxy) is 1. The van der Waals surface area contributed by atoms with Crippen LogP contribution in [0.5, 0.6) is 0 Å². The highest BCUT2D eigenvalue weighted by Gasteiger charge is 2.12. The number of aromatic nitrogens is 1. The van der Waals surface area contributed by atoms with Crippen LogP contribution in [0.4, 0.5) is 5.69 Å². The highest BCUT2D eigenvalue weighted by Crippen LogP contribution is 2.12. The molecule has 5 heteroatoms. The first-order valence-corrected chi connectivity index (χ1v) is 5.69. The lowest BCUT2D eigenvalue weighted by Crippen LogP contribution is -2.36. The largest absolute Gasteiger partial charge is 0.386 e. The van der Waals surface area contributed by atoms with E-state index in [0.717, 1.165) is 0 Å². The van der Waals surface area contributed by atoms with E-state index in [9.17, 15) is 4.79 Å². The van der Waals surface area contributed by atoms with Gasteiger partial charge in [-0.05, 0) is 19.9 Å². The highest BCUT2D eigenvalue weighted by molar-refractivity contribution is 5.99. The van der Waals surface area contributed by atoms with Crippen LogP contribution >= 0.6 is 0 Å². The summed E-state index contributed by atoms with van der Waals surface area (Å²) in [6.07, 6.45) is 3.23. The van der Waals surface area contributed by atoms with Gasteiger partial charge < -0.3 is 15.4 Å². The van der Waals surface area contributed by atoms with Gasteiger partial charge in [0.1, 0.15) is 0 Å². The van der Waals surface area contributed by atoms with Crippen molar-refractivity contribution in [1.29, 1.82) is 0 Å². The second-order valence-corrected chi connectivity index (χ2v) is 3.71. The van der Waals surface area contributed by atoms with E-state index in [2.05, 4.69) is 15.6 Å². The standard InChI is InChI=1S/C12H19N3O2/c1-4-17-8-9(2)15-12(16)10-5-6-14-7-11(10)13-3/h5-7,9,13H,4,8H2,1-3H3,(H,15,16). The maximum Gasteiger partial charge on any atom is 0.253 e. The Hall–Kier alpha value is -1.62. The second kappa shape index (κ2) is 6.85. The van der Waals surface area contributed by atoms with E-state index in [1.807, 2.05) is 13.8 Å². The number of hydrogen-bond donors (Lipinski definition) is 2. The third-order valence-corrected chi connectivity index (χ3v) is 2.28. The van der Waals surface area contributed by atoms with Crippen molar-refractivity contribution in [2.45, 2.75) is 19.9 Å². The van der Waals surface area contributed by atoms with E-state index in [0.29, 0.717) is 24.5 Å². The van der Waals surface area contributed by atoms with E-state index in [4.69, 9.17) is 4.74 Å². The molecule has 0 saturated carbocycles. The van der Waals surface area contributed by atoms with E-state index >= 15 is 0 Å². The quantitative estimate of drug-likeness (QED) is 0.782. The van der Waals surface area contributed by atoms with Crippen molar-refractivity contribution in [2.24, 2.45) is 0 Å². The van der Waals surface area contributed by atoms with Gasteiger partial charge in [-0.15, -0.1) is 0 Å². The van der Waals surface area contributed by atoms with Crippen molar-refractivity contribution in [2.75, 3.05) is 25.6 Å². The zero-order chi connectivity index (χ0) is 12.7. The SMILES string of the molecule is CCOCC(C)NC(=O)c1ccncc1NC. The van der Waals surface area contributed by atoms with E-state index < -0.39 is 0 Å². The first kappa shape index (κ1) is 13.4. The summed E-state index contributed by atoms with van der Waals surface area (Å²) in [5.41, 5.74) is 1.31. The molecular formula is C12H19N3O2. The van der Waals surface area contributed by atoms with Crippen LogP contribution in [0.2, 0.25) is 0 Å². The van der Waals surface area contributed by atoms with Gasteiger partial charge in [0.05, 0.1) is 24.1 Å². The first-order valence-electron chi connectivity index (χ1n) is 5.69. The molecule has 1 amide bonds. The van der Waals surface area contributed by atoms with Crippen LogP contribution in [0.25, 0.3) is 0 Å². The highest BCUT2D eigenvalue weighted by atomic mass is 16.5. The molecule has 0 fully saturated rings. The average molecular weight is 237 g/mol. The van der Waals surface area contributed by atoms with Crippen LogP contribution in [0.1, 0.15) is 24.2 Å². The molecule has 17 heavy (non-hydrogen) atoms. The first-order chi connectivity index (χ1) is 8.19. The Bertz CT molecular complexity index is 369. The van der Waals surface area contributed by atoms with Crippen LogP contribution in [0.3, 0.4) is 0 Å². The molecule has 1 aromatic heterocycles. The number of rotatable bonds is 6. The van der Waals surface area contributed by atoms with Crippen LogP contribution < -0.4 is 10.6 Å². The normalized spacial score (nSPS) is 11.9. The molecule has 2 N–H and O–H groups in total. The number of anilines is 1. The lowest BCUT2D eigenvalue weighted by Gasteiger charge is -2.15. The lowest BCUT2D eigenvalue weighted by atomic mass is 10.2. The van der Waals surface area contributed by atoms with Gasteiger partial charge in [0.25, 0.3) is 5.91 Å². The van der Waals surface area contributed by atoms with Crippen molar-refractivity contribution in [3.8, 4) is 0 Å². The molecular weight excluding hydrogens is 218 g/mol. The van der Waals surface area contributed by atoms with Crippen molar-refractivity contribution >= 4 is 11.6 Å². The van der Waals surface area contributed by atoms with Crippen LogP contribution in [-0.2, 0) is 4.74 Å². The Morgan fingerprint density at radius 3 is 3.00 bits per heavy atom. The van der Waals surface area contributed by atoms with Crippen molar-refractivity contribution in [3.05, 3.63) is 24.0 Å². The Balaban J connectivity index is 2.63. The maximum absolute atomic E-state index is 12.0. The fourth-order valence-corrected chi connectivity index (χ4v) is 1.43. The number of pyridine rings is 1. The van der Waals surface area contributed by atoms with Gasteiger partial charge in [-0.3, -0.25) is 9.78 Å². The molecule has 5 nitrogen and oxygen atoms in total. The second-order valence-electron chi connectivity index (χ2n) is 3.71. The minimum absolute atomic E-state index is 0.0136. The minimum Gasteiger partial charge on any atom is -0.386 e. The molecule has 0 aliphatic rings. The number of hydrogen-bond acceptors (Lipinski definition) is 4. The molecule has 1 rings (SSSR count). The Morgan fingerprint density at radius 2 is 2.35 bits per heavy atom. The fraction of sp³-hybridized carbons (Fsp3) is 0.500. The smallest absolute Gasteiger partial charge is 0.253 e. The molecule has 0 spiro atoms. The van der Waals surface area contributed by atoms with E-state index in [1.54, 1.807) is 25.5 Å². The number of amides is 1.